The molecule has 4 aliphatic rings. The molecule has 0 radical (unpaired) electrons. The molecule has 10 aromatic rings. The lowest BCUT2D eigenvalue weighted by Gasteiger charge is -2.34. The van der Waals surface area contributed by atoms with Crippen LogP contribution in [0.25, 0.3) is 33.4 Å². The highest BCUT2D eigenvalue weighted by atomic mass is 14.7. The van der Waals surface area contributed by atoms with Crippen molar-refractivity contribution in [2.24, 2.45) is 0 Å². The lowest BCUT2D eigenvalue weighted by molar-refractivity contribution is 0.734. The van der Waals surface area contributed by atoms with Crippen molar-refractivity contribution in [2.45, 2.75) is 48.3 Å². The van der Waals surface area contributed by atoms with E-state index in [2.05, 4.69) is 218 Å². The van der Waals surface area contributed by atoms with Crippen LogP contribution in [0.1, 0.15) is 116 Å². The number of pyridine rings is 2. The molecule has 0 aliphatic heterocycles. The molecule has 2 fully saturated rings. The molecule has 4 aliphatic carbocycles. The molecule has 2 aromatic heterocycles. The second-order valence-corrected chi connectivity index (χ2v) is 19.8. The lowest BCUT2D eigenvalue weighted by Crippen LogP contribution is -2.30. The standard InChI is InChI=1S/C68H50N2/c1-5-23-59-55(19-1)56-20-2-6-24-60(56)67(59,63-27-9-11-41-69-63)53-17-13-15-51(43-53)66(65(49-37-33-47(34-38-49)45-29-30-45)50-39-35-48(36-40-50)46-31-32-46)52-16-14-18-54(44-52)68(64-28-10-12-42-70-64)61-25-7-3-21-57(61)58-22-4-8-26-62(58)68/h1-28,33-46H,29-32H2. The van der Waals surface area contributed by atoms with E-state index in [4.69, 9.17) is 9.97 Å². The minimum atomic E-state index is -0.657. The van der Waals surface area contributed by atoms with Gasteiger partial charge in [0.1, 0.15) is 0 Å². The van der Waals surface area contributed by atoms with Crippen LogP contribution >= 0.6 is 0 Å². The van der Waals surface area contributed by atoms with Crippen LogP contribution in [0.3, 0.4) is 0 Å². The number of benzene rings is 8. The summed E-state index contributed by atoms with van der Waals surface area (Å²) in [5.41, 5.74) is 23.1. The molecule has 0 saturated heterocycles. The number of rotatable bonds is 10. The number of hydrogen-bond acceptors (Lipinski definition) is 2. The molecule has 2 heterocycles. The molecule has 2 nitrogen and oxygen atoms in total. The van der Waals surface area contributed by atoms with Crippen molar-refractivity contribution >= 4 is 11.1 Å². The van der Waals surface area contributed by atoms with Gasteiger partial charge in [0.2, 0.25) is 0 Å². The molecule has 332 valence electrons. The second-order valence-electron chi connectivity index (χ2n) is 19.8. The van der Waals surface area contributed by atoms with Crippen LogP contribution in [-0.2, 0) is 10.8 Å². The highest BCUT2D eigenvalue weighted by Gasteiger charge is 2.49. The molecular formula is C68H50N2. The molecule has 0 bridgehead atoms. The highest BCUT2D eigenvalue weighted by molar-refractivity contribution is 6.05. The van der Waals surface area contributed by atoms with Crippen molar-refractivity contribution in [3.8, 4) is 22.3 Å². The molecule has 14 rings (SSSR count). The van der Waals surface area contributed by atoms with Crippen molar-refractivity contribution in [3.63, 3.8) is 0 Å². The summed E-state index contributed by atoms with van der Waals surface area (Å²) in [4.78, 5) is 10.5. The van der Waals surface area contributed by atoms with E-state index >= 15 is 0 Å². The maximum atomic E-state index is 5.24. The monoisotopic (exact) mass is 894 g/mol. The summed E-state index contributed by atoms with van der Waals surface area (Å²) in [6.45, 7) is 0. The highest BCUT2D eigenvalue weighted by Crippen LogP contribution is 2.58. The van der Waals surface area contributed by atoms with Crippen LogP contribution < -0.4 is 0 Å². The van der Waals surface area contributed by atoms with Gasteiger partial charge in [-0.2, -0.15) is 0 Å². The number of fused-ring (bicyclic) bond motifs is 6. The van der Waals surface area contributed by atoms with E-state index in [0.29, 0.717) is 11.8 Å². The third kappa shape index (κ3) is 6.26. The van der Waals surface area contributed by atoms with Crippen LogP contribution in [0.4, 0.5) is 0 Å². The van der Waals surface area contributed by atoms with Crippen molar-refractivity contribution in [3.05, 3.63) is 321 Å². The number of nitrogens with zero attached hydrogens (tertiary/aromatic N) is 2. The molecular weight excluding hydrogens is 845 g/mol. The fraction of sp³-hybridized carbons (Fsp3) is 0.118. The van der Waals surface area contributed by atoms with Gasteiger partial charge < -0.3 is 0 Å². The molecule has 2 heteroatoms. The Kier molecular flexibility index (Phi) is 9.46. The van der Waals surface area contributed by atoms with Crippen LogP contribution in [-0.4, -0.2) is 9.97 Å². The third-order valence-electron chi connectivity index (χ3n) is 15.9. The Bertz CT molecular complexity index is 3320. The Hall–Kier alpha value is -8.20. The Morgan fingerprint density at radius 1 is 0.314 bits per heavy atom. The van der Waals surface area contributed by atoms with E-state index in [1.54, 1.807) is 0 Å². The van der Waals surface area contributed by atoms with E-state index in [0.717, 1.165) is 22.5 Å². The summed E-state index contributed by atoms with van der Waals surface area (Å²) < 4.78 is 0. The molecule has 8 aromatic carbocycles. The predicted octanol–water partition coefficient (Wildman–Crippen LogP) is 16.0. The van der Waals surface area contributed by atoms with Crippen LogP contribution in [0.2, 0.25) is 0 Å². The lowest BCUT2D eigenvalue weighted by atomic mass is 9.68. The zero-order valence-corrected chi connectivity index (χ0v) is 39.0. The zero-order chi connectivity index (χ0) is 46.2. The van der Waals surface area contributed by atoms with E-state index < -0.39 is 10.8 Å². The van der Waals surface area contributed by atoms with E-state index in [-0.39, 0.29) is 0 Å². The van der Waals surface area contributed by atoms with Crippen molar-refractivity contribution in [1.29, 1.82) is 0 Å². The number of aromatic nitrogens is 2. The number of hydrogen-bond donors (Lipinski definition) is 0. The first-order valence-corrected chi connectivity index (χ1v) is 25.1. The first-order chi connectivity index (χ1) is 34.7. The van der Waals surface area contributed by atoms with Crippen LogP contribution in [0.5, 0.6) is 0 Å². The minimum Gasteiger partial charge on any atom is -0.260 e. The van der Waals surface area contributed by atoms with Gasteiger partial charge in [0.15, 0.2) is 0 Å². The quantitative estimate of drug-likeness (QED) is 0.128. The normalized spacial score (nSPS) is 15.6. The average molecular weight is 895 g/mol. The van der Waals surface area contributed by atoms with Gasteiger partial charge in [-0.3, -0.25) is 9.97 Å². The predicted molar refractivity (Wildman–Crippen MR) is 285 cm³/mol. The van der Waals surface area contributed by atoms with E-state index in [1.165, 1.54) is 115 Å². The van der Waals surface area contributed by atoms with Gasteiger partial charge in [0.05, 0.1) is 22.2 Å². The largest absolute Gasteiger partial charge is 0.260 e. The van der Waals surface area contributed by atoms with Crippen molar-refractivity contribution in [1.82, 2.24) is 9.97 Å². The average Bonchev–Trinajstić information content (AvgIpc) is 4.40. The molecule has 0 atom stereocenters. The summed E-state index contributed by atoms with van der Waals surface area (Å²) in [5.74, 6) is 1.32. The summed E-state index contributed by atoms with van der Waals surface area (Å²) >= 11 is 0. The van der Waals surface area contributed by atoms with Gasteiger partial charge in [-0.25, -0.2) is 0 Å². The van der Waals surface area contributed by atoms with Crippen LogP contribution in [0, 0.1) is 0 Å². The molecule has 2 saturated carbocycles. The fourth-order valence-corrected chi connectivity index (χ4v) is 12.5. The summed E-state index contributed by atoms with van der Waals surface area (Å²) in [5, 5.41) is 0. The van der Waals surface area contributed by atoms with Gasteiger partial charge in [0, 0.05) is 12.4 Å². The fourth-order valence-electron chi connectivity index (χ4n) is 12.5. The Morgan fingerprint density at radius 2 is 0.657 bits per heavy atom. The zero-order valence-electron chi connectivity index (χ0n) is 39.0. The van der Waals surface area contributed by atoms with Gasteiger partial charge in [0.25, 0.3) is 0 Å². The Balaban J connectivity index is 1.08. The summed E-state index contributed by atoms with van der Waals surface area (Å²) in [6.07, 6.45) is 8.97. The molecule has 0 N–H and O–H groups in total. The maximum Gasteiger partial charge on any atom is 0.0886 e. The maximum absolute atomic E-state index is 5.24. The van der Waals surface area contributed by atoms with Gasteiger partial charge in [-0.1, -0.05) is 194 Å². The minimum absolute atomic E-state index is 0.657. The summed E-state index contributed by atoms with van der Waals surface area (Å²) in [7, 11) is 0. The smallest absolute Gasteiger partial charge is 0.0886 e. The first-order valence-electron chi connectivity index (χ1n) is 25.1. The van der Waals surface area contributed by atoms with Crippen LogP contribution in [0.15, 0.2) is 243 Å². The Morgan fingerprint density at radius 3 is 1.00 bits per heavy atom. The molecule has 0 amide bonds. The van der Waals surface area contributed by atoms with E-state index in [9.17, 15) is 0 Å². The first kappa shape index (κ1) is 40.8. The van der Waals surface area contributed by atoms with E-state index in [1.807, 2.05) is 24.5 Å². The van der Waals surface area contributed by atoms with Gasteiger partial charge in [-0.05, 0) is 174 Å². The molecule has 0 spiro atoms. The SMILES string of the molecule is c1ccc(C2(c3cccc(C(=C(c4ccc(C5CC5)cc4)c4ccc(C5CC5)cc4)c4cccc(C5(c6ccccn6)c6ccccc6-c6ccccc65)c4)c3)c3ccccc3-c3ccccc32)nc1. The summed E-state index contributed by atoms with van der Waals surface area (Å²) in [6, 6.07) is 86.6. The second kappa shape index (κ2) is 16.2. The van der Waals surface area contributed by atoms with Crippen molar-refractivity contribution in [2.75, 3.05) is 0 Å². The topological polar surface area (TPSA) is 25.8 Å². The Labute approximate surface area is 410 Å². The van der Waals surface area contributed by atoms with Crippen molar-refractivity contribution < 1.29 is 0 Å². The third-order valence-corrected chi connectivity index (χ3v) is 15.9. The molecule has 70 heavy (non-hydrogen) atoms. The van der Waals surface area contributed by atoms with Gasteiger partial charge >= 0.3 is 0 Å². The van der Waals surface area contributed by atoms with Gasteiger partial charge in [-0.15, -0.1) is 0 Å². The molecule has 0 unspecified atom stereocenters.